The quantitative estimate of drug-likeness (QED) is 0.520. The fourth-order valence-corrected chi connectivity index (χ4v) is 1.03. The number of amides is 3. The van der Waals surface area contributed by atoms with E-state index in [1.165, 1.54) is 7.11 Å². The molecule has 0 aliphatic heterocycles. The van der Waals surface area contributed by atoms with Crippen LogP contribution in [-0.2, 0) is 9.53 Å². The van der Waals surface area contributed by atoms with Crippen LogP contribution in [0.2, 0.25) is 0 Å². The lowest BCUT2D eigenvalue weighted by Gasteiger charge is -2.33. The number of methoxy groups -OCH3 is 1. The third kappa shape index (κ3) is 6.53. The average molecular weight is 261 g/mol. The number of nitrogens with zero attached hydrogens (tertiary/aromatic N) is 1. The molecule has 0 aromatic heterocycles. The van der Waals surface area contributed by atoms with E-state index in [9.17, 15) is 9.59 Å². The van der Waals surface area contributed by atoms with E-state index in [0.29, 0.717) is 13.2 Å². The molecule has 0 aliphatic carbocycles. The van der Waals surface area contributed by atoms with Crippen molar-refractivity contribution in [2.75, 3.05) is 40.5 Å². The molecule has 0 rings (SSSR count). The molecule has 3 amide bonds. The zero-order valence-electron chi connectivity index (χ0n) is 11.4. The number of aliphatic hydroxyl groups is 1. The summed E-state index contributed by atoms with van der Waals surface area (Å²) < 4.78 is 4.76. The molecule has 0 heterocycles. The lowest BCUT2D eigenvalue weighted by molar-refractivity contribution is -0.122. The average Bonchev–Trinajstić information content (AvgIpc) is 2.28. The summed E-state index contributed by atoms with van der Waals surface area (Å²) in [5.41, 5.74) is -0.510. The molecule has 0 unspecified atom stereocenters. The summed E-state index contributed by atoms with van der Waals surface area (Å²) in [5.74, 6) is -0.422. The van der Waals surface area contributed by atoms with Crippen LogP contribution < -0.4 is 10.6 Å². The second-order valence-electron chi connectivity index (χ2n) is 4.62. The van der Waals surface area contributed by atoms with Gasteiger partial charge in [0.2, 0.25) is 5.91 Å². The molecule has 0 spiro atoms. The number of carbonyl (C=O) groups excluding carboxylic acids is 2. The molecule has 3 N–H and O–H groups in total. The summed E-state index contributed by atoms with van der Waals surface area (Å²) in [6, 6.07) is -0.549. The number of imide groups is 1. The Bertz CT molecular complexity index is 281. The summed E-state index contributed by atoms with van der Waals surface area (Å²) in [6.45, 7) is 4.30. The van der Waals surface area contributed by atoms with Crippen molar-refractivity contribution in [1.29, 1.82) is 0 Å². The van der Waals surface area contributed by atoms with Gasteiger partial charge >= 0.3 is 6.03 Å². The number of urea groups is 1. The monoisotopic (exact) mass is 261 g/mol. The van der Waals surface area contributed by atoms with Gasteiger partial charge < -0.3 is 15.2 Å². The molecular formula is C11H23N3O4. The molecule has 7 nitrogen and oxygen atoms in total. The number of likely N-dealkylation sites (N-methyl/N-ethyl adjacent to an activating group) is 1. The molecule has 0 saturated carbocycles. The summed E-state index contributed by atoms with van der Waals surface area (Å²) >= 11 is 0. The summed E-state index contributed by atoms with van der Waals surface area (Å²) in [7, 11) is 3.23. The maximum Gasteiger partial charge on any atom is 0.321 e. The van der Waals surface area contributed by atoms with E-state index in [1.54, 1.807) is 25.8 Å². The molecule has 0 radical (unpaired) electrons. The summed E-state index contributed by atoms with van der Waals surface area (Å²) in [5, 5.41) is 13.8. The molecule has 0 fully saturated rings. The maximum atomic E-state index is 11.5. The van der Waals surface area contributed by atoms with E-state index < -0.39 is 17.5 Å². The number of aliphatic hydroxyl groups excluding tert-OH is 1. The molecule has 0 aliphatic rings. The van der Waals surface area contributed by atoms with Crippen LogP contribution in [0.4, 0.5) is 4.79 Å². The van der Waals surface area contributed by atoms with Crippen LogP contribution in [0, 0.1) is 0 Å². The predicted molar refractivity (Wildman–Crippen MR) is 67.2 cm³/mol. The van der Waals surface area contributed by atoms with Crippen molar-refractivity contribution >= 4 is 11.9 Å². The first kappa shape index (κ1) is 16.8. The van der Waals surface area contributed by atoms with Crippen molar-refractivity contribution < 1.29 is 19.4 Å². The maximum absolute atomic E-state index is 11.5. The molecule has 0 aromatic rings. The first-order valence-electron chi connectivity index (χ1n) is 5.72. The first-order chi connectivity index (χ1) is 8.33. The van der Waals surface area contributed by atoms with Gasteiger partial charge in [0.25, 0.3) is 0 Å². The molecule has 7 heteroatoms. The minimum Gasteiger partial charge on any atom is -0.394 e. The Kier molecular flexibility index (Phi) is 7.49. The van der Waals surface area contributed by atoms with E-state index in [-0.39, 0.29) is 13.2 Å². The number of hydrogen-bond donors (Lipinski definition) is 3. The highest BCUT2D eigenvalue weighted by Gasteiger charge is 2.24. The Morgan fingerprint density at radius 1 is 1.39 bits per heavy atom. The van der Waals surface area contributed by atoms with E-state index in [4.69, 9.17) is 9.84 Å². The van der Waals surface area contributed by atoms with E-state index in [1.807, 2.05) is 0 Å². The highest BCUT2D eigenvalue weighted by Crippen LogP contribution is 2.09. The SMILES string of the molecule is COCCNC(=O)NC(=O)CN(C)C(C)(C)CO. The van der Waals surface area contributed by atoms with E-state index in [0.717, 1.165) is 0 Å². The predicted octanol–water partition coefficient (Wildman–Crippen LogP) is -0.839. The van der Waals surface area contributed by atoms with Crippen molar-refractivity contribution in [2.24, 2.45) is 0 Å². The van der Waals surface area contributed by atoms with Gasteiger partial charge in [0.1, 0.15) is 0 Å². The number of carbonyl (C=O) groups is 2. The molecule has 0 bridgehead atoms. The standard InChI is InChI=1S/C11H23N3O4/c1-11(2,8-15)14(3)7-9(16)13-10(17)12-5-6-18-4/h15H,5-8H2,1-4H3,(H2,12,13,16,17). The van der Waals surface area contributed by atoms with Crippen molar-refractivity contribution in [2.45, 2.75) is 19.4 Å². The smallest absolute Gasteiger partial charge is 0.321 e. The molecular weight excluding hydrogens is 238 g/mol. The number of rotatable bonds is 7. The molecule has 0 aromatic carbocycles. The van der Waals surface area contributed by atoms with Crippen molar-refractivity contribution in [3.63, 3.8) is 0 Å². The van der Waals surface area contributed by atoms with Gasteiger partial charge in [0.15, 0.2) is 0 Å². The molecule has 0 saturated heterocycles. The van der Waals surface area contributed by atoms with Crippen molar-refractivity contribution in [3.05, 3.63) is 0 Å². The topological polar surface area (TPSA) is 90.9 Å². The van der Waals surface area contributed by atoms with Crippen LogP contribution in [0.3, 0.4) is 0 Å². The van der Waals surface area contributed by atoms with Crippen molar-refractivity contribution in [1.82, 2.24) is 15.5 Å². The van der Waals surface area contributed by atoms with Crippen LogP contribution in [0.15, 0.2) is 0 Å². The van der Waals surface area contributed by atoms with Gasteiger partial charge in [0.05, 0.1) is 19.8 Å². The fourth-order valence-electron chi connectivity index (χ4n) is 1.03. The second-order valence-corrected chi connectivity index (χ2v) is 4.62. The molecule has 106 valence electrons. The highest BCUT2D eigenvalue weighted by atomic mass is 16.5. The van der Waals surface area contributed by atoms with Gasteiger partial charge in [-0.25, -0.2) is 4.79 Å². The van der Waals surface area contributed by atoms with Gasteiger partial charge in [-0.05, 0) is 20.9 Å². The Labute approximate surface area is 107 Å². The van der Waals surface area contributed by atoms with Crippen molar-refractivity contribution in [3.8, 4) is 0 Å². The van der Waals surface area contributed by atoms with Crippen LogP contribution in [0.1, 0.15) is 13.8 Å². The Morgan fingerprint density at radius 2 is 2.00 bits per heavy atom. The minimum absolute atomic E-state index is 0.0330. The number of ether oxygens (including phenoxy) is 1. The highest BCUT2D eigenvalue weighted by molar-refractivity contribution is 5.95. The fraction of sp³-hybridized carbons (Fsp3) is 0.818. The Morgan fingerprint density at radius 3 is 2.50 bits per heavy atom. The van der Waals surface area contributed by atoms with E-state index >= 15 is 0 Å². The van der Waals surface area contributed by atoms with Gasteiger partial charge in [0, 0.05) is 19.2 Å². The Balaban J connectivity index is 4.00. The van der Waals surface area contributed by atoms with Crippen LogP contribution in [0.25, 0.3) is 0 Å². The van der Waals surface area contributed by atoms with E-state index in [2.05, 4.69) is 10.6 Å². The third-order valence-corrected chi connectivity index (χ3v) is 2.65. The largest absolute Gasteiger partial charge is 0.394 e. The zero-order valence-corrected chi connectivity index (χ0v) is 11.4. The normalized spacial score (nSPS) is 11.4. The third-order valence-electron chi connectivity index (χ3n) is 2.65. The van der Waals surface area contributed by atoms with Crippen LogP contribution in [0.5, 0.6) is 0 Å². The molecule has 0 atom stereocenters. The van der Waals surface area contributed by atoms with Gasteiger partial charge in [-0.15, -0.1) is 0 Å². The molecule has 18 heavy (non-hydrogen) atoms. The lowest BCUT2D eigenvalue weighted by atomic mass is 10.1. The van der Waals surface area contributed by atoms with Crippen LogP contribution in [-0.4, -0.2) is 67.9 Å². The summed E-state index contributed by atoms with van der Waals surface area (Å²) in [4.78, 5) is 24.5. The lowest BCUT2D eigenvalue weighted by Crippen LogP contribution is -2.51. The van der Waals surface area contributed by atoms with Gasteiger partial charge in [-0.2, -0.15) is 0 Å². The first-order valence-corrected chi connectivity index (χ1v) is 5.72. The van der Waals surface area contributed by atoms with Gasteiger partial charge in [-0.3, -0.25) is 15.0 Å². The minimum atomic E-state index is -0.549. The second kappa shape index (κ2) is 8.02. The Hall–Kier alpha value is -1.18. The summed E-state index contributed by atoms with van der Waals surface area (Å²) in [6.07, 6.45) is 0. The number of hydrogen-bond acceptors (Lipinski definition) is 5. The van der Waals surface area contributed by atoms with Crippen LogP contribution >= 0.6 is 0 Å². The van der Waals surface area contributed by atoms with Gasteiger partial charge in [-0.1, -0.05) is 0 Å². The number of nitrogens with one attached hydrogen (secondary N) is 2. The zero-order chi connectivity index (χ0) is 14.2.